The molecule has 0 spiro atoms. The SMILES string of the molecule is CC(O)CCC(=O)Nc1sc2c(c1C#N)CCC(C)C2. The van der Waals surface area contributed by atoms with Crippen molar-refractivity contribution in [2.75, 3.05) is 5.32 Å². The summed E-state index contributed by atoms with van der Waals surface area (Å²) in [5, 5.41) is 22.0. The first kappa shape index (κ1) is 15.0. The first-order valence-electron chi connectivity index (χ1n) is 7.03. The predicted octanol–water partition coefficient (Wildman–Crippen LogP) is 2.84. The van der Waals surface area contributed by atoms with Crippen molar-refractivity contribution in [3.05, 3.63) is 16.0 Å². The molecule has 4 nitrogen and oxygen atoms in total. The van der Waals surface area contributed by atoms with Crippen LogP contribution in [0.15, 0.2) is 0 Å². The fourth-order valence-electron chi connectivity index (χ4n) is 2.49. The molecular formula is C15H20N2O2S. The molecular weight excluding hydrogens is 272 g/mol. The van der Waals surface area contributed by atoms with Crippen molar-refractivity contribution in [3.63, 3.8) is 0 Å². The summed E-state index contributed by atoms with van der Waals surface area (Å²) in [6.07, 6.45) is 3.27. The van der Waals surface area contributed by atoms with E-state index in [1.165, 1.54) is 16.2 Å². The lowest BCUT2D eigenvalue weighted by atomic mass is 9.88. The van der Waals surface area contributed by atoms with Crippen LogP contribution in [0.5, 0.6) is 0 Å². The third-order valence-electron chi connectivity index (χ3n) is 3.67. The summed E-state index contributed by atoms with van der Waals surface area (Å²) in [6, 6.07) is 2.24. The van der Waals surface area contributed by atoms with E-state index < -0.39 is 6.10 Å². The van der Waals surface area contributed by atoms with E-state index in [9.17, 15) is 15.2 Å². The molecule has 0 saturated heterocycles. The molecule has 0 aliphatic heterocycles. The molecule has 20 heavy (non-hydrogen) atoms. The van der Waals surface area contributed by atoms with E-state index in [-0.39, 0.29) is 12.3 Å². The summed E-state index contributed by atoms with van der Waals surface area (Å²) < 4.78 is 0. The Morgan fingerprint density at radius 1 is 1.65 bits per heavy atom. The van der Waals surface area contributed by atoms with Crippen LogP contribution in [0.25, 0.3) is 0 Å². The van der Waals surface area contributed by atoms with Gasteiger partial charge in [-0.2, -0.15) is 5.26 Å². The molecule has 108 valence electrons. The second-order valence-electron chi connectivity index (χ2n) is 5.60. The maximum atomic E-state index is 11.8. The van der Waals surface area contributed by atoms with E-state index in [0.717, 1.165) is 24.8 Å². The van der Waals surface area contributed by atoms with Gasteiger partial charge in [-0.3, -0.25) is 4.79 Å². The van der Waals surface area contributed by atoms with Gasteiger partial charge in [0, 0.05) is 11.3 Å². The molecule has 1 aliphatic rings. The van der Waals surface area contributed by atoms with E-state index >= 15 is 0 Å². The Balaban J connectivity index is 2.12. The molecule has 2 rings (SSSR count). The zero-order valence-electron chi connectivity index (χ0n) is 11.9. The standard InChI is InChI=1S/C15H20N2O2S/c1-9-3-5-11-12(8-16)15(20-13(11)7-9)17-14(19)6-4-10(2)18/h9-10,18H,3-7H2,1-2H3,(H,17,19). The molecule has 5 heteroatoms. The predicted molar refractivity (Wildman–Crippen MR) is 79.8 cm³/mol. The van der Waals surface area contributed by atoms with Gasteiger partial charge in [-0.15, -0.1) is 11.3 Å². The summed E-state index contributed by atoms with van der Waals surface area (Å²) >= 11 is 1.54. The molecule has 2 N–H and O–H groups in total. The van der Waals surface area contributed by atoms with Crippen molar-refractivity contribution in [2.45, 2.75) is 52.1 Å². The number of rotatable bonds is 4. The van der Waals surface area contributed by atoms with Crippen LogP contribution in [-0.2, 0) is 17.6 Å². The average Bonchev–Trinajstić information content (AvgIpc) is 2.72. The zero-order valence-corrected chi connectivity index (χ0v) is 12.7. The maximum absolute atomic E-state index is 11.8. The number of thiophene rings is 1. The number of hydrogen-bond acceptors (Lipinski definition) is 4. The highest BCUT2D eigenvalue weighted by Crippen LogP contribution is 2.39. The fraction of sp³-hybridized carbons (Fsp3) is 0.600. The lowest BCUT2D eigenvalue weighted by Gasteiger charge is -2.17. The minimum Gasteiger partial charge on any atom is -0.393 e. The Morgan fingerprint density at radius 2 is 2.40 bits per heavy atom. The Kier molecular flexibility index (Phi) is 4.79. The van der Waals surface area contributed by atoms with Crippen molar-refractivity contribution in [1.29, 1.82) is 5.26 Å². The van der Waals surface area contributed by atoms with Crippen LogP contribution in [0, 0.1) is 17.2 Å². The highest BCUT2D eigenvalue weighted by molar-refractivity contribution is 7.16. The quantitative estimate of drug-likeness (QED) is 0.896. The van der Waals surface area contributed by atoms with Crippen molar-refractivity contribution in [2.24, 2.45) is 5.92 Å². The lowest BCUT2D eigenvalue weighted by molar-refractivity contribution is -0.116. The van der Waals surface area contributed by atoms with Crippen LogP contribution < -0.4 is 5.32 Å². The third kappa shape index (κ3) is 3.38. The molecule has 0 bridgehead atoms. The van der Waals surface area contributed by atoms with Gasteiger partial charge in [0.2, 0.25) is 5.91 Å². The number of anilines is 1. The molecule has 1 amide bonds. The van der Waals surface area contributed by atoms with Gasteiger partial charge in [-0.1, -0.05) is 6.92 Å². The molecule has 1 aromatic rings. The second kappa shape index (κ2) is 6.38. The highest BCUT2D eigenvalue weighted by atomic mass is 32.1. The van der Waals surface area contributed by atoms with Crippen molar-refractivity contribution in [3.8, 4) is 6.07 Å². The molecule has 1 aliphatic carbocycles. The maximum Gasteiger partial charge on any atom is 0.225 e. The number of nitrogens with one attached hydrogen (secondary N) is 1. The molecule has 2 unspecified atom stereocenters. The van der Waals surface area contributed by atoms with Crippen molar-refractivity contribution in [1.82, 2.24) is 0 Å². The monoisotopic (exact) mass is 292 g/mol. The Labute approximate surface area is 123 Å². The van der Waals surface area contributed by atoms with Gasteiger partial charge < -0.3 is 10.4 Å². The van der Waals surface area contributed by atoms with Gasteiger partial charge in [0.1, 0.15) is 11.1 Å². The Morgan fingerprint density at radius 3 is 3.05 bits per heavy atom. The Hall–Kier alpha value is -1.38. The van der Waals surface area contributed by atoms with E-state index in [1.54, 1.807) is 6.92 Å². The number of nitriles is 1. The van der Waals surface area contributed by atoms with Crippen molar-refractivity contribution >= 4 is 22.2 Å². The molecule has 1 aromatic heterocycles. The minimum absolute atomic E-state index is 0.131. The van der Waals surface area contributed by atoms with Gasteiger partial charge in [0.25, 0.3) is 0 Å². The number of amides is 1. The summed E-state index contributed by atoms with van der Waals surface area (Å²) in [5.41, 5.74) is 1.77. The average molecular weight is 292 g/mol. The summed E-state index contributed by atoms with van der Waals surface area (Å²) in [7, 11) is 0. The number of fused-ring (bicyclic) bond motifs is 1. The van der Waals surface area contributed by atoms with Crippen LogP contribution in [0.1, 0.15) is 49.1 Å². The van der Waals surface area contributed by atoms with Crippen molar-refractivity contribution < 1.29 is 9.90 Å². The second-order valence-corrected chi connectivity index (χ2v) is 6.71. The smallest absolute Gasteiger partial charge is 0.225 e. The first-order chi connectivity index (χ1) is 9.51. The van der Waals surface area contributed by atoms with Gasteiger partial charge in [0.15, 0.2) is 0 Å². The van der Waals surface area contributed by atoms with Gasteiger partial charge in [-0.25, -0.2) is 0 Å². The van der Waals surface area contributed by atoms with Crippen LogP contribution in [0.2, 0.25) is 0 Å². The summed E-state index contributed by atoms with van der Waals surface area (Å²) in [5.74, 6) is 0.514. The Bertz CT molecular complexity index is 543. The molecule has 2 atom stereocenters. The highest BCUT2D eigenvalue weighted by Gasteiger charge is 2.24. The largest absolute Gasteiger partial charge is 0.393 e. The fourth-order valence-corrected chi connectivity index (χ4v) is 3.86. The van der Waals surface area contributed by atoms with Gasteiger partial charge in [0.05, 0.1) is 11.7 Å². The normalized spacial score (nSPS) is 19.0. The number of aliphatic hydroxyl groups is 1. The number of carbonyl (C=O) groups is 1. The molecule has 0 saturated carbocycles. The molecule has 1 heterocycles. The topological polar surface area (TPSA) is 73.1 Å². The summed E-state index contributed by atoms with van der Waals surface area (Å²) in [6.45, 7) is 3.88. The zero-order chi connectivity index (χ0) is 14.7. The number of aliphatic hydroxyl groups excluding tert-OH is 1. The van der Waals surface area contributed by atoms with E-state index in [0.29, 0.717) is 22.9 Å². The lowest BCUT2D eigenvalue weighted by Crippen LogP contribution is -2.14. The van der Waals surface area contributed by atoms with Crippen LogP contribution in [0.3, 0.4) is 0 Å². The van der Waals surface area contributed by atoms with E-state index in [1.807, 2.05) is 0 Å². The number of nitrogens with zero attached hydrogens (tertiary/aromatic N) is 1. The van der Waals surface area contributed by atoms with Gasteiger partial charge in [-0.05, 0) is 44.1 Å². The molecule has 0 radical (unpaired) electrons. The first-order valence-corrected chi connectivity index (χ1v) is 7.85. The third-order valence-corrected chi connectivity index (χ3v) is 4.84. The molecule has 0 aromatic carbocycles. The van der Waals surface area contributed by atoms with Gasteiger partial charge >= 0.3 is 0 Å². The van der Waals surface area contributed by atoms with Crippen LogP contribution in [0.4, 0.5) is 5.00 Å². The van der Waals surface area contributed by atoms with E-state index in [4.69, 9.17) is 0 Å². The van der Waals surface area contributed by atoms with E-state index in [2.05, 4.69) is 18.3 Å². The minimum atomic E-state index is -0.478. The summed E-state index contributed by atoms with van der Waals surface area (Å²) in [4.78, 5) is 13.1. The van der Waals surface area contributed by atoms with Crippen LogP contribution in [-0.4, -0.2) is 17.1 Å². The number of hydrogen-bond donors (Lipinski definition) is 2. The molecule has 0 fully saturated rings. The number of carbonyl (C=O) groups excluding carboxylic acids is 1. The van der Waals surface area contributed by atoms with Crippen LogP contribution >= 0.6 is 11.3 Å².